The number of nitrogens with two attached hydrogens (primary N) is 2. The van der Waals surface area contributed by atoms with E-state index in [2.05, 4.69) is 10.3 Å². The largest absolute Gasteiger partial charge is 0.444 e. The quantitative estimate of drug-likeness (QED) is 0.321. The monoisotopic (exact) mass is 336 g/mol. The average Bonchev–Trinajstić information content (AvgIpc) is 2.44. The highest BCUT2D eigenvalue weighted by atomic mass is 16.6. The topological polar surface area (TPSA) is 129 Å². The smallest absolute Gasteiger partial charge is 0.408 e. The predicted octanol–water partition coefficient (Wildman–Crippen LogP) is 1.28. The summed E-state index contributed by atoms with van der Waals surface area (Å²) in [4.78, 5) is 27.5. The first-order valence-corrected chi connectivity index (χ1v) is 7.42. The number of esters is 1. The van der Waals surface area contributed by atoms with Crippen LogP contribution in [-0.4, -0.2) is 29.7 Å². The molecule has 0 radical (unpaired) electrons. The van der Waals surface area contributed by atoms with E-state index in [1.165, 1.54) is 6.92 Å². The minimum atomic E-state index is -0.846. The van der Waals surface area contributed by atoms with Crippen molar-refractivity contribution in [2.45, 2.75) is 45.9 Å². The number of ether oxygens (including phenoxy) is 2. The van der Waals surface area contributed by atoms with E-state index in [0.717, 1.165) is 5.56 Å². The summed E-state index contributed by atoms with van der Waals surface area (Å²) in [5.74, 6) is -0.239. The molecule has 0 aliphatic carbocycles. The molecule has 0 heterocycles. The molecule has 1 atom stereocenters. The van der Waals surface area contributed by atoms with Crippen molar-refractivity contribution < 1.29 is 19.1 Å². The van der Waals surface area contributed by atoms with Gasteiger partial charge in [-0.05, 0) is 45.4 Å². The van der Waals surface area contributed by atoms with Crippen LogP contribution in [0.2, 0.25) is 0 Å². The van der Waals surface area contributed by atoms with Gasteiger partial charge in [0.05, 0.1) is 6.54 Å². The van der Waals surface area contributed by atoms with Gasteiger partial charge in [0.2, 0.25) is 0 Å². The SMILES string of the molecule is C[C@H](NC(=O)OC(C)(C)C)C(=O)Oc1ccc(CN=C(N)N)cc1. The summed E-state index contributed by atoms with van der Waals surface area (Å²) in [7, 11) is 0. The van der Waals surface area contributed by atoms with E-state index in [-0.39, 0.29) is 5.96 Å². The summed E-state index contributed by atoms with van der Waals surface area (Å²) in [6, 6.07) is 5.87. The molecule has 8 nitrogen and oxygen atoms in total. The van der Waals surface area contributed by atoms with Crippen molar-refractivity contribution in [2.24, 2.45) is 16.5 Å². The van der Waals surface area contributed by atoms with Gasteiger partial charge in [0, 0.05) is 0 Å². The first-order chi connectivity index (χ1) is 11.1. The van der Waals surface area contributed by atoms with Crippen LogP contribution in [0, 0.1) is 0 Å². The first-order valence-electron chi connectivity index (χ1n) is 7.42. The number of carbonyl (C=O) groups is 2. The van der Waals surface area contributed by atoms with Gasteiger partial charge in [0.15, 0.2) is 5.96 Å². The number of carbonyl (C=O) groups excluding carboxylic acids is 2. The van der Waals surface area contributed by atoms with Gasteiger partial charge in [-0.15, -0.1) is 0 Å². The van der Waals surface area contributed by atoms with Crippen LogP contribution in [0.5, 0.6) is 5.75 Å². The third-order valence-corrected chi connectivity index (χ3v) is 2.67. The predicted molar refractivity (Wildman–Crippen MR) is 90.4 cm³/mol. The Morgan fingerprint density at radius 1 is 1.21 bits per heavy atom. The fourth-order valence-corrected chi connectivity index (χ4v) is 1.59. The number of hydrogen-bond donors (Lipinski definition) is 3. The van der Waals surface area contributed by atoms with E-state index in [4.69, 9.17) is 20.9 Å². The highest BCUT2D eigenvalue weighted by Gasteiger charge is 2.22. The molecule has 1 amide bonds. The normalized spacial score (nSPS) is 12.0. The summed E-state index contributed by atoms with van der Waals surface area (Å²) >= 11 is 0. The zero-order valence-electron chi connectivity index (χ0n) is 14.3. The summed E-state index contributed by atoms with van der Waals surface area (Å²) in [5, 5.41) is 2.42. The zero-order valence-corrected chi connectivity index (χ0v) is 14.3. The van der Waals surface area contributed by atoms with Crippen LogP contribution >= 0.6 is 0 Å². The number of amides is 1. The Kier molecular flexibility index (Phi) is 6.58. The molecule has 0 saturated heterocycles. The summed E-state index contributed by atoms with van der Waals surface area (Å²) in [6.45, 7) is 7.06. The average molecular weight is 336 g/mol. The molecule has 1 aromatic carbocycles. The van der Waals surface area contributed by atoms with Crippen molar-refractivity contribution >= 4 is 18.0 Å². The molecule has 0 aliphatic heterocycles. The zero-order chi connectivity index (χ0) is 18.3. The van der Waals surface area contributed by atoms with Crippen LogP contribution in [0.1, 0.15) is 33.3 Å². The van der Waals surface area contributed by atoms with Gasteiger partial charge in [-0.1, -0.05) is 12.1 Å². The molecule has 0 spiro atoms. The highest BCUT2D eigenvalue weighted by molar-refractivity contribution is 5.82. The number of benzene rings is 1. The minimum absolute atomic E-state index is 0.00699. The van der Waals surface area contributed by atoms with Crippen LogP contribution in [-0.2, 0) is 16.1 Å². The lowest BCUT2D eigenvalue weighted by atomic mass is 10.2. The Hall–Kier alpha value is -2.77. The molecular formula is C16H24N4O4. The van der Waals surface area contributed by atoms with Gasteiger partial charge in [0.1, 0.15) is 17.4 Å². The molecule has 0 saturated carbocycles. The van der Waals surface area contributed by atoms with Crippen LogP contribution in [0.4, 0.5) is 4.79 Å². The van der Waals surface area contributed by atoms with Gasteiger partial charge in [-0.25, -0.2) is 14.6 Å². The number of aliphatic imine (C=N–C) groups is 1. The lowest BCUT2D eigenvalue weighted by Crippen LogP contribution is -2.43. The third kappa shape index (κ3) is 7.48. The minimum Gasteiger partial charge on any atom is -0.444 e. The second kappa shape index (κ2) is 8.19. The van der Waals surface area contributed by atoms with Crippen molar-refractivity contribution in [2.75, 3.05) is 0 Å². The van der Waals surface area contributed by atoms with Gasteiger partial charge >= 0.3 is 12.1 Å². The van der Waals surface area contributed by atoms with Crippen molar-refractivity contribution in [1.82, 2.24) is 5.32 Å². The van der Waals surface area contributed by atoms with Crippen LogP contribution < -0.4 is 21.5 Å². The first kappa shape index (κ1) is 19.3. The second-order valence-corrected chi connectivity index (χ2v) is 6.17. The van der Waals surface area contributed by atoms with E-state index >= 15 is 0 Å². The molecule has 5 N–H and O–H groups in total. The number of alkyl carbamates (subject to hydrolysis) is 1. The van der Waals surface area contributed by atoms with Gasteiger partial charge in [-0.2, -0.15) is 0 Å². The number of nitrogens with one attached hydrogen (secondary N) is 1. The van der Waals surface area contributed by atoms with Gasteiger partial charge < -0.3 is 26.3 Å². The summed E-state index contributed by atoms with van der Waals surface area (Å²) < 4.78 is 10.3. The van der Waals surface area contributed by atoms with Crippen molar-refractivity contribution in [3.8, 4) is 5.75 Å². The second-order valence-electron chi connectivity index (χ2n) is 6.17. The van der Waals surface area contributed by atoms with Crippen LogP contribution in [0.15, 0.2) is 29.3 Å². The van der Waals surface area contributed by atoms with Crippen molar-refractivity contribution in [1.29, 1.82) is 0 Å². The Morgan fingerprint density at radius 3 is 2.29 bits per heavy atom. The number of nitrogens with zero attached hydrogens (tertiary/aromatic N) is 1. The molecule has 24 heavy (non-hydrogen) atoms. The molecule has 132 valence electrons. The van der Waals surface area contributed by atoms with Gasteiger partial charge in [-0.3, -0.25) is 0 Å². The molecule has 0 fully saturated rings. The van der Waals surface area contributed by atoms with Crippen LogP contribution in [0.25, 0.3) is 0 Å². The maximum atomic E-state index is 12.0. The lowest BCUT2D eigenvalue weighted by Gasteiger charge is -2.21. The maximum absolute atomic E-state index is 12.0. The van der Waals surface area contributed by atoms with E-state index in [9.17, 15) is 9.59 Å². The number of rotatable bonds is 5. The van der Waals surface area contributed by atoms with E-state index in [0.29, 0.717) is 12.3 Å². The Balaban J connectivity index is 2.54. The Bertz CT molecular complexity index is 601. The van der Waals surface area contributed by atoms with Crippen LogP contribution in [0.3, 0.4) is 0 Å². The molecule has 0 aliphatic rings. The van der Waals surface area contributed by atoms with Crippen molar-refractivity contribution in [3.63, 3.8) is 0 Å². The standard InChI is InChI=1S/C16H24N4O4/c1-10(20-15(22)24-16(2,3)4)13(21)23-12-7-5-11(6-8-12)9-19-14(17)18/h5-8,10H,9H2,1-4H3,(H,20,22)(H4,17,18,19)/t10-/m0/s1. The van der Waals surface area contributed by atoms with E-state index in [1.54, 1.807) is 45.0 Å². The summed E-state index contributed by atoms with van der Waals surface area (Å²) in [6.07, 6.45) is -0.681. The molecule has 1 aromatic rings. The summed E-state index contributed by atoms with van der Waals surface area (Å²) in [5.41, 5.74) is 10.7. The van der Waals surface area contributed by atoms with Gasteiger partial charge in [0.25, 0.3) is 0 Å². The number of guanidine groups is 1. The molecular weight excluding hydrogens is 312 g/mol. The van der Waals surface area contributed by atoms with E-state index < -0.39 is 23.7 Å². The fraction of sp³-hybridized carbons (Fsp3) is 0.438. The molecule has 1 rings (SSSR count). The molecule has 0 bridgehead atoms. The Labute approximate surface area is 141 Å². The lowest BCUT2D eigenvalue weighted by molar-refractivity contribution is -0.136. The van der Waals surface area contributed by atoms with Crippen molar-refractivity contribution in [3.05, 3.63) is 29.8 Å². The molecule has 0 aromatic heterocycles. The Morgan fingerprint density at radius 2 is 1.79 bits per heavy atom. The fourth-order valence-electron chi connectivity index (χ4n) is 1.59. The number of hydrogen-bond acceptors (Lipinski definition) is 5. The molecule has 0 unspecified atom stereocenters. The molecule has 8 heteroatoms. The maximum Gasteiger partial charge on any atom is 0.408 e. The van der Waals surface area contributed by atoms with E-state index in [1.807, 2.05) is 0 Å². The highest BCUT2D eigenvalue weighted by Crippen LogP contribution is 2.14. The third-order valence-electron chi connectivity index (χ3n) is 2.67.